The van der Waals surface area contributed by atoms with E-state index in [9.17, 15) is 0 Å². The number of hydrogen-bond acceptors (Lipinski definition) is 2. The van der Waals surface area contributed by atoms with Gasteiger partial charge in [-0.2, -0.15) is 0 Å². The van der Waals surface area contributed by atoms with Crippen LogP contribution < -0.4 is 10.9 Å². The molecular formula is C9H14N2. The second kappa shape index (κ2) is 2.93. The molecule has 0 bridgehead atoms. The van der Waals surface area contributed by atoms with Crippen molar-refractivity contribution in [1.29, 1.82) is 0 Å². The van der Waals surface area contributed by atoms with Gasteiger partial charge in [-0.05, 0) is 31.0 Å². The number of nitrogens with zero attached hydrogens (tertiary/aromatic N) is 1. The molecule has 0 unspecified atom stereocenters. The Morgan fingerprint density at radius 1 is 1.27 bits per heavy atom. The Kier molecular flexibility index (Phi) is 2.15. The largest absolute Gasteiger partial charge is 0.314 e. The summed E-state index contributed by atoms with van der Waals surface area (Å²) in [5.74, 6) is 5.62. The first kappa shape index (κ1) is 8.08. The van der Waals surface area contributed by atoms with Crippen molar-refractivity contribution in [2.75, 3.05) is 12.1 Å². The minimum Gasteiger partial charge on any atom is -0.314 e. The molecule has 0 saturated carbocycles. The van der Waals surface area contributed by atoms with Gasteiger partial charge in [-0.25, -0.2) is 5.84 Å². The van der Waals surface area contributed by atoms with E-state index in [-0.39, 0.29) is 0 Å². The molecule has 0 fully saturated rings. The van der Waals surface area contributed by atoms with Crippen molar-refractivity contribution in [2.45, 2.75) is 13.8 Å². The zero-order chi connectivity index (χ0) is 8.43. The molecule has 1 aromatic rings. The number of hydrogen-bond donors (Lipinski definition) is 1. The van der Waals surface area contributed by atoms with Crippen molar-refractivity contribution in [1.82, 2.24) is 0 Å². The molecule has 2 heteroatoms. The van der Waals surface area contributed by atoms with E-state index in [0.717, 1.165) is 5.69 Å². The fourth-order valence-corrected chi connectivity index (χ4v) is 1.10. The molecule has 0 spiro atoms. The van der Waals surface area contributed by atoms with Gasteiger partial charge in [0.2, 0.25) is 0 Å². The molecule has 0 aliphatic heterocycles. The van der Waals surface area contributed by atoms with Gasteiger partial charge < -0.3 is 5.01 Å². The van der Waals surface area contributed by atoms with Gasteiger partial charge in [0.25, 0.3) is 0 Å². The number of hydrazine groups is 1. The fourth-order valence-electron chi connectivity index (χ4n) is 1.10. The van der Waals surface area contributed by atoms with Gasteiger partial charge in [-0.3, -0.25) is 0 Å². The average Bonchev–Trinajstić information content (AvgIpc) is 1.94. The van der Waals surface area contributed by atoms with Crippen LogP contribution >= 0.6 is 0 Å². The molecule has 1 aromatic carbocycles. The first-order chi connectivity index (χ1) is 5.11. The van der Waals surface area contributed by atoms with Crippen LogP contribution in [0.2, 0.25) is 0 Å². The Morgan fingerprint density at radius 3 is 2.36 bits per heavy atom. The van der Waals surface area contributed by atoms with E-state index in [1.807, 2.05) is 7.05 Å². The predicted octanol–water partition coefficient (Wildman–Crippen LogP) is 1.61. The number of benzene rings is 1. The fraction of sp³-hybridized carbons (Fsp3) is 0.333. The van der Waals surface area contributed by atoms with E-state index in [0.29, 0.717) is 0 Å². The van der Waals surface area contributed by atoms with Crippen molar-refractivity contribution < 1.29 is 0 Å². The highest BCUT2D eigenvalue weighted by Gasteiger charge is 1.99. The molecule has 0 atom stereocenters. The third kappa shape index (κ3) is 1.71. The van der Waals surface area contributed by atoms with Crippen LogP contribution in [0.15, 0.2) is 18.2 Å². The molecule has 0 aliphatic carbocycles. The second-order valence-corrected chi connectivity index (χ2v) is 2.90. The molecule has 2 N–H and O–H groups in total. The van der Waals surface area contributed by atoms with Crippen molar-refractivity contribution in [3.05, 3.63) is 29.3 Å². The Bertz CT molecular complexity index is 254. The van der Waals surface area contributed by atoms with Crippen molar-refractivity contribution in [3.63, 3.8) is 0 Å². The topological polar surface area (TPSA) is 29.3 Å². The maximum atomic E-state index is 5.62. The minimum atomic E-state index is 1.09. The normalized spacial score (nSPS) is 9.82. The van der Waals surface area contributed by atoms with Crippen LogP contribution in [0.1, 0.15) is 11.1 Å². The van der Waals surface area contributed by atoms with Crippen molar-refractivity contribution >= 4 is 5.69 Å². The summed E-state index contributed by atoms with van der Waals surface area (Å²) in [6.45, 7) is 4.12. The van der Waals surface area contributed by atoms with Crippen LogP contribution in [0.25, 0.3) is 0 Å². The SMILES string of the molecule is Cc1ccc(C)c(N(C)N)c1. The van der Waals surface area contributed by atoms with Crippen molar-refractivity contribution in [2.24, 2.45) is 5.84 Å². The Morgan fingerprint density at radius 2 is 1.91 bits per heavy atom. The number of aryl methyl sites for hydroxylation is 2. The number of nitrogens with two attached hydrogens (primary N) is 1. The van der Waals surface area contributed by atoms with Gasteiger partial charge in [-0.15, -0.1) is 0 Å². The van der Waals surface area contributed by atoms with Gasteiger partial charge >= 0.3 is 0 Å². The summed E-state index contributed by atoms with van der Waals surface area (Å²) in [4.78, 5) is 0. The summed E-state index contributed by atoms with van der Waals surface area (Å²) in [7, 11) is 1.85. The second-order valence-electron chi connectivity index (χ2n) is 2.90. The molecule has 0 aliphatic rings. The molecular weight excluding hydrogens is 136 g/mol. The third-order valence-electron chi connectivity index (χ3n) is 1.74. The van der Waals surface area contributed by atoms with Gasteiger partial charge in [0.05, 0.1) is 5.69 Å². The molecule has 2 nitrogen and oxygen atoms in total. The summed E-state index contributed by atoms with van der Waals surface area (Å²) in [5, 5.41) is 1.64. The van der Waals surface area contributed by atoms with E-state index in [4.69, 9.17) is 5.84 Å². The van der Waals surface area contributed by atoms with E-state index in [2.05, 4.69) is 32.0 Å². The number of rotatable bonds is 1. The molecule has 0 amide bonds. The van der Waals surface area contributed by atoms with E-state index in [1.54, 1.807) is 5.01 Å². The lowest BCUT2D eigenvalue weighted by Crippen LogP contribution is -2.25. The zero-order valence-corrected chi connectivity index (χ0v) is 7.26. The van der Waals surface area contributed by atoms with Crippen LogP contribution in [0.4, 0.5) is 5.69 Å². The summed E-state index contributed by atoms with van der Waals surface area (Å²) in [5.41, 5.74) is 3.54. The van der Waals surface area contributed by atoms with Crippen LogP contribution in [-0.2, 0) is 0 Å². The van der Waals surface area contributed by atoms with Crippen LogP contribution in [-0.4, -0.2) is 7.05 Å². The Hall–Kier alpha value is -1.02. The molecule has 0 heterocycles. The highest BCUT2D eigenvalue weighted by molar-refractivity contribution is 5.52. The van der Waals surface area contributed by atoms with Gasteiger partial charge in [0.15, 0.2) is 0 Å². The predicted molar refractivity (Wildman–Crippen MR) is 48.5 cm³/mol. The monoisotopic (exact) mass is 150 g/mol. The molecule has 60 valence electrons. The molecule has 1 rings (SSSR count). The third-order valence-corrected chi connectivity index (χ3v) is 1.74. The maximum Gasteiger partial charge on any atom is 0.0545 e. The quantitative estimate of drug-likeness (QED) is 0.487. The van der Waals surface area contributed by atoms with E-state index >= 15 is 0 Å². The van der Waals surface area contributed by atoms with Crippen LogP contribution in [0.5, 0.6) is 0 Å². The van der Waals surface area contributed by atoms with Crippen LogP contribution in [0.3, 0.4) is 0 Å². The first-order valence-electron chi connectivity index (χ1n) is 3.67. The number of anilines is 1. The van der Waals surface area contributed by atoms with Gasteiger partial charge in [0.1, 0.15) is 0 Å². The lowest BCUT2D eigenvalue weighted by Gasteiger charge is -2.15. The lowest BCUT2D eigenvalue weighted by molar-refractivity contribution is 1.01. The highest BCUT2D eigenvalue weighted by Crippen LogP contribution is 2.17. The maximum absolute atomic E-state index is 5.62. The zero-order valence-electron chi connectivity index (χ0n) is 7.26. The molecule has 0 radical (unpaired) electrons. The minimum absolute atomic E-state index is 1.09. The highest BCUT2D eigenvalue weighted by atomic mass is 15.4. The van der Waals surface area contributed by atoms with Gasteiger partial charge in [0, 0.05) is 7.05 Å². The van der Waals surface area contributed by atoms with Crippen LogP contribution in [0, 0.1) is 13.8 Å². The Labute approximate surface area is 67.6 Å². The van der Waals surface area contributed by atoms with Gasteiger partial charge in [-0.1, -0.05) is 12.1 Å². The summed E-state index contributed by atoms with van der Waals surface area (Å²) < 4.78 is 0. The molecule has 0 aromatic heterocycles. The van der Waals surface area contributed by atoms with Crippen molar-refractivity contribution in [3.8, 4) is 0 Å². The standard InChI is InChI=1S/C9H14N2/c1-7-4-5-8(2)9(6-7)11(3)10/h4-6H,10H2,1-3H3. The average molecular weight is 150 g/mol. The summed E-state index contributed by atoms with van der Waals surface area (Å²) >= 11 is 0. The summed E-state index contributed by atoms with van der Waals surface area (Å²) in [6.07, 6.45) is 0. The molecule has 0 saturated heterocycles. The Balaban J connectivity index is 3.13. The van der Waals surface area contributed by atoms with E-state index in [1.165, 1.54) is 11.1 Å². The summed E-state index contributed by atoms with van der Waals surface area (Å²) in [6, 6.07) is 6.24. The lowest BCUT2D eigenvalue weighted by atomic mass is 10.1. The smallest absolute Gasteiger partial charge is 0.0545 e. The molecule has 11 heavy (non-hydrogen) atoms. The first-order valence-corrected chi connectivity index (χ1v) is 3.67. The van der Waals surface area contributed by atoms with E-state index < -0.39 is 0 Å².